The van der Waals surface area contributed by atoms with Gasteiger partial charge in [0, 0.05) is 22.2 Å². The molecule has 0 aliphatic heterocycles. The van der Waals surface area contributed by atoms with E-state index in [9.17, 15) is 9.18 Å². The molecule has 2 N–H and O–H groups in total. The average molecular weight is 337 g/mol. The molecule has 2 aromatic carbocycles. The third-order valence-electron chi connectivity index (χ3n) is 3.46. The van der Waals surface area contributed by atoms with Gasteiger partial charge >= 0.3 is 0 Å². The number of nitrogens with zero attached hydrogens (tertiary/aromatic N) is 1. The number of nitrogens with two attached hydrogens (primary N) is 1. The Hall–Kier alpha value is -2.04. The van der Waals surface area contributed by atoms with Crippen LogP contribution in [0.25, 0.3) is 10.9 Å². The summed E-state index contributed by atoms with van der Waals surface area (Å²) in [6.07, 6.45) is 1.79. The normalized spacial score (nSPS) is 11.0. The van der Waals surface area contributed by atoms with Crippen LogP contribution < -0.4 is 5.73 Å². The van der Waals surface area contributed by atoms with Crippen molar-refractivity contribution in [1.29, 1.82) is 0 Å². The lowest BCUT2D eigenvalue weighted by Gasteiger charge is -2.10. The van der Waals surface area contributed by atoms with Gasteiger partial charge in [0.25, 0.3) is 5.91 Å². The zero-order valence-electron chi connectivity index (χ0n) is 11.3. The fourth-order valence-electron chi connectivity index (χ4n) is 2.47. The standard InChI is InChI=1S/C16H11Cl2FN2O/c17-11-6-9-4-5-21(15(9)13(18)7-11)8-10-2-1-3-12(14(10)19)16(20)22/h1-7H,8H2,(H2,20,22). The molecule has 22 heavy (non-hydrogen) atoms. The highest BCUT2D eigenvalue weighted by Crippen LogP contribution is 2.29. The molecule has 1 heterocycles. The van der Waals surface area contributed by atoms with Crippen LogP contribution in [0.2, 0.25) is 10.0 Å². The van der Waals surface area contributed by atoms with Crippen molar-refractivity contribution in [1.82, 2.24) is 4.57 Å². The van der Waals surface area contributed by atoms with Crippen molar-refractivity contribution in [3.63, 3.8) is 0 Å². The summed E-state index contributed by atoms with van der Waals surface area (Å²) >= 11 is 12.2. The van der Waals surface area contributed by atoms with Crippen molar-refractivity contribution < 1.29 is 9.18 Å². The average Bonchev–Trinajstić information content (AvgIpc) is 2.83. The van der Waals surface area contributed by atoms with Gasteiger partial charge in [0.15, 0.2) is 0 Å². The van der Waals surface area contributed by atoms with Crippen LogP contribution in [-0.4, -0.2) is 10.5 Å². The Bertz CT molecular complexity index is 889. The summed E-state index contributed by atoms with van der Waals surface area (Å²) in [5, 5.41) is 1.89. The molecule has 0 radical (unpaired) electrons. The Morgan fingerprint density at radius 1 is 1.23 bits per heavy atom. The van der Waals surface area contributed by atoms with Gasteiger partial charge in [-0.2, -0.15) is 0 Å². The molecule has 112 valence electrons. The molecular formula is C16H11Cl2FN2O. The van der Waals surface area contributed by atoms with Crippen molar-refractivity contribution >= 4 is 40.0 Å². The predicted octanol–water partition coefficient (Wildman–Crippen LogP) is 4.23. The van der Waals surface area contributed by atoms with Gasteiger partial charge in [0.2, 0.25) is 0 Å². The monoisotopic (exact) mass is 336 g/mol. The molecule has 0 saturated heterocycles. The lowest BCUT2D eigenvalue weighted by molar-refractivity contribution is 0.0996. The van der Waals surface area contributed by atoms with Crippen LogP contribution in [0.15, 0.2) is 42.6 Å². The number of halogens is 3. The number of aromatic nitrogens is 1. The number of primary amides is 1. The molecule has 3 aromatic rings. The summed E-state index contributed by atoms with van der Waals surface area (Å²) < 4.78 is 16.1. The van der Waals surface area contributed by atoms with Crippen molar-refractivity contribution in [2.45, 2.75) is 6.54 Å². The number of rotatable bonds is 3. The molecular weight excluding hydrogens is 326 g/mol. The van der Waals surface area contributed by atoms with Crippen molar-refractivity contribution in [2.75, 3.05) is 0 Å². The van der Waals surface area contributed by atoms with Crippen molar-refractivity contribution in [3.05, 3.63) is 69.6 Å². The fraction of sp³-hybridized carbons (Fsp3) is 0.0625. The van der Waals surface area contributed by atoms with E-state index in [2.05, 4.69) is 0 Å². The Morgan fingerprint density at radius 2 is 2.00 bits per heavy atom. The zero-order valence-corrected chi connectivity index (χ0v) is 12.8. The molecule has 0 aliphatic carbocycles. The van der Waals surface area contributed by atoms with Crippen molar-refractivity contribution in [2.24, 2.45) is 5.73 Å². The van der Waals surface area contributed by atoms with Gasteiger partial charge in [-0.25, -0.2) is 4.39 Å². The first-order valence-electron chi connectivity index (χ1n) is 6.48. The summed E-state index contributed by atoms with van der Waals surface area (Å²) in [5.74, 6) is -1.40. The smallest absolute Gasteiger partial charge is 0.251 e. The molecule has 0 spiro atoms. The predicted molar refractivity (Wildman–Crippen MR) is 86.0 cm³/mol. The van der Waals surface area contributed by atoms with E-state index in [4.69, 9.17) is 28.9 Å². The van der Waals surface area contributed by atoms with Crippen LogP contribution in [0.1, 0.15) is 15.9 Å². The highest BCUT2D eigenvalue weighted by Gasteiger charge is 2.14. The van der Waals surface area contributed by atoms with Gasteiger partial charge < -0.3 is 10.3 Å². The van der Waals surface area contributed by atoms with Gasteiger partial charge in [0.1, 0.15) is 5.82 Å². The molecule has 0 fully saturated rings. The van der Waals surface area contributed by atoms with E-state index in [0.717, 1.165) is 10.9 Å². The first-order valence-corrected chi connectivity index (χ1v) is 7.24. The first kappa shape index (κ1) is 14.9. The van der Waals surface area contributed by atoms with Gasteiger partial charge in [-0.15, -0.1) is 0 Å². The number of hydrogen-bond donors (Lipinski definition) is 1. The summed E-state index contributed by atoms with van der Waals surface area (Å²) in [6, 6.07) is 9.85. The number of fused-ring (bicyclic) bond motifs is 1. The molecule has 3 rings (SSSR count). The topological polar surface area (TPSA) is 48.0 Å². The summed E-state index contributed by atoms with van der Waals surface area (Å²) in [5.41, 5.74) is 6.16. The van der Waals surface area contributed by atoms with Gasteiger partial charge in [-0.05, 0) is 24.3 Å². The van der Waals surface area contributed by atoms with Gasteiger partial charge in [-0.1, -0.05) is 35.3 Å². The Labute approximate surface area is 136 Å². The van der Waals surface area contributed by atoms with Crippen molar-refractivity contribution in [3.8, 4) is 0 Å². The second kappa shape index (κ2) is 5.63. The van der Waals surface area contributed by atoms with Crippen LogP contribution in [0.5, 0.6) is 0 Å². The molecule has 0 atom stereocenters. The largest absolute Gasteiger partial charge is 0.366 e. The lowest BCUT2D eigenvalue weighted by Crippen LogP contribution is -2.15. The maximum atomic E-state index is 14.3. The van der Waals surface area contributed by atoms with Gasteiger partial charge in [-0.3, -0.25) is 4.79 Å². The molecule has 1 aromatic heterocycles. The number of benzene rings is 2. The molecule has 1 amide bonds. The van der Waals surface area contributed by atoms with E-state index in [1.807, 2.05) is 6.07 Å². The second-order valence-electron chi connectivity index (χ2n) is 4.91. The minimum atomic E-state index is -0.790. The molecule has 6 heteroatoms. The number of carbonyl (C=O) groups excluding carboxylic acids is 1. The molecule has 0 bridgehead atoms. The van der Waals surface area contributed by atoms with E-state index >= 15 is 0 Å². The zero-order chi connectivity index (χ0) is 15.9. The Balaban J connectivity index is 2.08. The third kappa shape index (κ3) is 2.56. The first-order chi connectivity index (χ1) is 10.5. The van der Waals surface area contributed by atoms with E-state index in [-0.39, 0.29) is 12.1 Å². The van der Waals surface area contributed by atoms with Crippen LogP contribution >= 0.6 is 23.2 Å². The maximum absolute atomic E-state index is 14.3. The van der Waals surface area contributed by atoms with E-state index in [1.165, 1.54) is 6.07 Å². The minimum absolute atomic E-state index is 0.122. The van der Waals surface area contributed by atoms with E-state index in [1.54, 1.807) is 35.0 Å². The molecule has 0 saturated carbocycles. The summed E-state index contributed by atoms with van der Waals surface area (Å²) in [4.78, 5) is 11.2. The highest BCUT2D eigenvalue weighted by atomic mass is 35.5. The molecule has 0 unspecified atom stereocenters. The second-order valence-corrected chi connectivity index (χ2v) is 5.76. The van der Waals surface area contributed by atoms with Gasteiger partial charge in [0.05, 0.1) is 22.6 Å². The Morgan fingerprint density at radius 3 is 2.73 bits per heavy atom. The quantitative estimate of drug-likeness (QED) is 0.764. The SMILES string of the molecule is NC(=O)c1cccc(Cn2ccc3cc(Cl)cc(Cl)c32)c1F. The number of hydrogen-bond acceptors (Lipinski definition) is 1. The number of amides is 1. The van der Waals surface area contributed by atoms with Crippen LogP contribution in [0, 0.1) is 5.82 Å². The highest BCUT2D eigenvalue weighted by molar-refractivity contribution is 6.38. The van der Waals surface area contributed by atoms with Crippen LogP contribution in [0.4, 0.5) is 4.39 Å². The lowest BCUT2D eigenvalue weighted by atomic mass is 10.1. The summed E-state index contributed by atoms with van der Waals surface area (Å²) in [7, 11) is 0. The fourth-order valence-corrected chi connectivity index (χ4v) is 3.09. The van der Waals surface area contributed by atoms with E-state index in [0.29, 0.717) is 15.6 Å². The van der Waals surface area contributed by atoms with E-state index < -0.39 is 11.7 Å². The number of carbonyl (C=O) groups is 1. The third-order valence-corrected chi connectivity index (χ3v) is 3.97. The maximum Gasteiger partial charge on any atom is 0.251 e. The molecule has 0 aliphatic rings. The minimum Gasteiger partial charge on any atom is -0.366 e. The van der Waals surface area contributed by atoms with Crippen LogP contribution in [-0.2, 0) is 6.54 Å². The summed E-state index contributed by atoms with van der Waals surface area (Å²) in [6.45, 7) is 0.234. The molecule has 3 nitrogen and oxygen atoms in total. The Kier molecular flexibility index (Phi) is 3.81. The van der Waals surface area contributed by atoms with Crippen LogP contribution in [0.3, 0.4) is 0 Å².